The van der Waals surface area contributed by atoms with Crippen LogP contribution in [-0.4, -0.2) is 203 Å². The molecule has 1 aromatic carbocycles. The van der Waals surface area contributed by atoms with Crippen molar-refractivity contribution in [1.29, 1.82) is 0 Å². The fourth-order valence-corrected chi connectivity index (χ4v) is 9.46. The topological polar surface area (TPSA) is 512 Å². The first-order valence-corrected chi connectivity index (χ1v) is 30.6. The Bertz CT molecular complexity index is 2690. The molecule has 1 heterocycles. The molecule has 32 heteroatoms. The Hall–Kier alpha value is -8.52. The Kier molecular flexibility index (Phi) is 33.6. The number of hydrogen-bond donors (Lipinski definition) is 16. The minimum Gasteiger partial charge on any atom is -0.460 e. The third kappa shape index (κ3) is 28.0. The van der Waals surface area contributed by atoms with Crippen LogP contribution in [-0.2, 0) is 73.5 Å². The van der Waals surface area contributed by atoms with E-state index in [1.165, 1.54) is 4.90 Å². The van der Waals surface area contributed by atoms with Crippen molar-refractivity contribution in [2.75, 3.05) is 26.7 Å². The van der Waals surface area contributed by atoms with Gasteiger partial charge < -0.3 is 96.0 Å². The summed E-state index contributed by atoms with van der Waals surface area (Å²) in [4.78, 5) is 180. The molecular weight excluding hydrogens is 1190 g/mol. The van der Waals surface area contributed by atoms with Crippen molar-refractivity contribution in [1.82, 2.24) is 58.1 Å². The second kappa shape index (κ2) is 38.9. The van der Waals surface area contributed by atoms with Crippen LogP contribution in [0.15, 0.2) is 35.3 Å². The van der Waals surface area contributed by atoms with Gasteiger partial charge in [0.25, 0.3) is 0 Å². The Morgan fingerprint density at radius 3 is 1.69 bits per heavy atom. The second-order valence-electron chi connectivity index (χ2n) is 23.6. The Morgan fingerprint density at radius 2 is 1.16 bits per heavy atom. The fourth-order valence-electron chi connectivity index (χ4n) is 9.46. The molecule has 0 aromatic heterocycles. The molecule has 13 unspecified atom stereocenters. The lowest BCUT2D eigenvalue weighted by atomic mass is 9.97. The molecule has 32 nitrogen and oxygen atoms in total. The number of guanidine groups is 1. The molecule has 0 radical (unpaired) electrons. The third-order valence-corrected chi connectivity index (χ3v) is 14.7. The van der Waals surface area contributed by atoms with Gasteiger partial charge in [0, 0.05) is 25.9 Å². The highest BCUT2D eigenvalue weighted by Gasteiger charge is 2.40. The van der Waals surface area contributed by atoms with Gasteiger partial charge in [0.2, 0.25) is 70.9 Å². The first kappa shape index (κ1) is 78.6. The second-order valence-corrected chi connectivity index (χ2v) is 23.6. The van der Waals surface area contributed by atoms with Crippen LogP contribution in [0.4, 0.5) is 0 Å². The van der Waals surface area contributed by atoms with Gasteiger partial charge in [-0.1, -0.05) is 63.9 Å². The van der Waals surface area contributed by atoms with E-state index < -0.39 is 168 Å². The molecule has 1 fully saturated rings. The van der Waals surface area contributed by atoms with Gasteiger partial charge in [-0.3, -0.25) is 67.3 Å². The number of aliphatic imine (C=N–C) groups is 1. The Labute approximate surface area is 530 Å². The summed E-state index contributed by atoms with van der Waals surface area (Å²) in [5, 5.41) is 46.5. The number of rotatable bonds is 39. The van der Waals surface area contributed by atoms with Crippen LogP contribution >= 0.6 is 0 Å². The summed E-state index contributed by atoms with van der Waals surface area (Å²) in [6.07, 6.45) is -3.06. The number of hydrogen-bond acceptors (Lipinski definition) is 18. The number of esters is 1. The van der Waals surface area contributed by atoms with Crippen molar-refractivity contribution in [2.45, 2.75) is 218 Å². The Balaban J connectivity index is 2.40. The van der Waals surface area contributed by atoms with E-state index in [2.05, 4.69) is 58.2 Å². The standard InChI is InChI=1S/C59H98N16O16/c1-11-19-36(67-50(83)38(23-17-26-65-58(62)63)68-52(85)40(28-35-20-14-13-15-21-35)71-53(86)41-24-18-27-75(41)57(90)32(4)64-10)49(82)66-30-43(79)72-45(31(3)12-2)54(87)69-37(22-16-25-44(80)91-59(7,8)9)51(84)73-47(34(6)77)56(89)74-46(33(5)76)55(88)70-39(48(61)81)29-42(60)78/h13-15,20-21,31-34,36-41,45-47,64,76-77H,11-12,16-19,22-30H2,1-10H3,(H2,60,78)(H2,61,81)(H,66,82)(H,67,83)(H,68,85)(H,69,87)(H,70,88)(H,71,86)(H,72,79)(H,73,84)(H,74,89)(H4,62,63,65). The smallest absolute Gasteiger partial charge is 0.306 e. The normalized spacial score (nSPS) is 16.9. The average Bonchev–Trinajstić information content (AvgIpc) is 2.26. The van der Waals surface area contributed by atoms with E-state index in [0.29, 0.717) is 31.4 Å². The molecule has 0 bridgehead atoms. The molecule has 1 aliphatic heterocycles. The van der Waals surface area contributed by atoms with Crippen LogP contribution in [0.2, 0.25) is 0 Å². The number of aliphatic hydroxyl groups is 2. The van der Waals surface area contributed by atoms with E-state index in [-0.39, 0.29) is 69.8 Å². The molecule has 1 saturated heterocycles. The predicted molar refractivity (Wildman–Crippen MR) is 332 cm³/mol. The molecule has 20 N–H and O–H groups in total. The highest BCUT2D eigenvalue weighted by atomic mass is 16.6. The number of likely N-dealkylation sites (tertiary alicyclic amines) is 1. The molecule has 13 atom stereocenters. The minimum atomic E-state index is -1.89. The number of amides is 12. The number of nitrogens with zero attached hydrogens (tertiary/aromatic N) is 2. The van der Waals surface area contributed by atoms with Crippen molar-refractivity contribution in [3.05, 3.63) is 35.9 Å². The largest absolute Gasteiger partial charge is 0.460 e. The van der Waals surface area contributed by atoms with Gasteiger partial charge in [0.15, 0.2) is 5.96 Å². The number of aliphatic hydroxyl groups excluding tert-OH is 2. The molecule has 0 spiro atoms. The zero-order chi connectivity index (χ0) is 68.9. The van der Waals surface area contributed by atoms with Gasteiger partial charge in [-0.15, -0.1) is 0 Å². The van der Waals surface area contributed by atoms with E-state index in [1.807, 2.05) is 0 Å². The lowest BCUT2D eigenvalue weighted by Gasteiger charge is -2.29. The summed E-state index contributed by atoms with van der Waals surface area (Å²) in [5.41, 5.74) is 21.3. The van der Waals surface area contributed by atoms with Crippen LogP contribution in [0.1, 0.15) is 139 Å². The van der Waals surface area contributed by atoms with Gasteiger partial charge in [-0.25, -0.2) is 0 Å². The summed E-state index contributed by atoms with van der Waals surface area (Å²) in [6, 6.07) is -4.88. The third-order valence-electron chi connectivity index (χ3n) is 14.7. The van der Waals surface area contributed by atoms with Gasteiger partial charge in [-0.2, -0.15) is 0 Å². The molecule has 1 aliphatic rings. The number of nitrogens with one attached hydrogen (secondary N) is 10. The summed E-state index contributed by atoms with van der Waals surface area (Å²) in [6.45, 7) is 13.5. The average molecular weight is 1290 g/mol. The first-order valence-electron chi connectivity index (χ1n) is 30.6. The van der Waals surface area contributed by atoms with Gasteiger partial charge in [0.05, 0.1) is 31.2 Å². The number of nitrogens with two attached hydrogens (primary N) is 4. The maximum absolute atomic E-state index is 14.4. The Morgan fingerprint density at radius 1 is 0.648 bits per heavy atom. The maximum atomic E-state index is 14.4. The van der Waals surface area contributed by atoms with Crippen molar-refractivity contribution >= 4 is 82.8 Å². The molecule has 0 aliphatic carbocycles. The monoisotopic (exact) mass is 1290 g/mol. The summed E-state index contributed by atoms with van der Waals surface area (Å²) in [5.74, 6) is -12.3. The lowest BCUT2D eigenvalue weighted by Crippen LogP contribution is -2.63. The van der Waals surface area contributed by atoms with Gasteiger partial charge >= 0.3 is 5.97 Å². The highest BCUT2D eigenvalue weighted by Crippen LogP contribution is 2.20. The van der Waals surface area contributed by atoms with Crippen molar-refractivity contribution in [2.24, 2.45) is 33.8 Å². The number of likely N-dealkylation sites (N-methyl/N-ethyl adjacent to an activating group) is 1. The summed E-state index contributed by atoms with van der Waals surface area (Å²) in [7, 11) is 1.62. The van der Waals surface area contributed by atoms with Crippen LogP contribution in [0, 0.1) is 5.92 Å². The summed E-state index contributed by atoms with van der Waals surface area (Å²) >= 11 is 0. The minimum absolute atomic E-state index is 0.00322. The maximum Gasteiger partial charge on any atom is 0.306 e. The van der Waals surface area contributed by atoms with E-state index in [9.17, 15) is 72.5 Å². The number of carbonyl (C=O) groups excluding carboxylic acids is 13. The molecule has 0 saturated carbocycles. The van der Waals surface area contributed by atoms with Crippen LogP contribution in [0.25, 0.3) is 0 Å². The molecule has 12 amide bonds. The lowest BCUT2D eigenvalue weighted by molar-refractivity contribution is -0.155. The first-order chi connectivity index (χ1) is 42.6. The van der Waals surface area contributed by atoms with E-state index >= 15 is 0 Å². The van der Waals surface area contributed by atoms with E-state index in [0.717, 1.165) is 13.8 Å². The molecular formula is C59H98N16O16. The predicted octanol–water partition coefficient (Wildman–Crippen LogP) is -4.64. The van der Waals surface area contributed by atoms with Gasteiger partial charge in [0.1, 0.15) is 60.0 Å². The number of benzene rings is 1. The fraction of sp³-hybridized carbons (Fsp3) is 0.661. The molecule has 2 rings (SSSR count). The van der Waals surface area contributed by atoms with Crippen molar-refractivity contribution in [3.63, 3.8) is 0 Å². The van der Waals surface area contributed by atoms with Crippen LogP contribution in [0.5, 0.6) is 0 Å². The highest BCUT2D eigenvalue weighted by molar-refractivity contribution is 5.99. The number of primary amides is 2. The van der Waals surface area contributed by atoms with Crippen molar-refractivity contribution in [3.8, 4) is 0 Å². The van der Waals surface area contributed by atoms with Crippen LogP contribution in [0.3, 0.4) is 0 Å². The summed E-state index contributed by atoms with van der Waals surface area (Å²) < 4.78 is 5.39. The molecule has 510 valence electrons. The van der Waals surface area contributed by atoms with Crippen LogP contribution < -0.4 is 76.1 Å². The van der Waals surface area contributed by atoms with E-state index in [1.54, 1.807) is 85.8 Å². The quantitative estimate of drug-likeness (QED) is 0.0128. The van der Waals surface area contributed by atoms with Crippen molar-refractivity contribution < 1.29 is 77.3 Å². The molecule has 1 aromatic rings. The van der Waals surface area contributed by atoms with Gasteiger partial charge in [-0.05, 0) is 105 Å². The molecule has 91 heavy (non-hydrogen) atoms. The number of ether oxygens (including phenoxy) is 1. The van der Waals surface area contributed by atoms with E-state index in [4.69, 9.17) is 27.7 Å². The number of carbonyl (C=O) groups is 13. The zero-order valence-corrected chi connectivity index (χ0v) is 53.8. The zero-order valence-electron chi connectivity index (χ0n) is 53.8. The SMILES string of the molecule is CCCC(NC(=O)C(CCCN=C(N)N)NC(=O)C(Cc1ccccc1)NC(=O)C1CCCN1C(=O)C(C)NC)C(=O)NCC(=O)NC(C(=O)NC(CCCC(=O)OC(C)(C)C)C(=O)NC(C(=O)NC(C(=O)NC(CC(N)=O)C(N)=O)C(C)O)C(C)O)C(C)CC.